The van der Waals surface area contributed by atoms with Crippen molar-refractivity contribution in [3.05, 3.63) is 23.9 Å². The highest BCUT2D eigenvalue weighted by Gasteiger charge is 1.87. The molecule has 0 aliphatic carbocycles. The van der Waals surface area contributed by atoms with Gasteiger partial charge in [0, 0.05) is 12.7 Å². The monoisotopic (exact) mass is 111 g/mol. The normalized spacial score (nSPS) is 11.1. The van der Waals surface area contributed by atoms with Gasteiger partial charge in [0.15, 0.2) is 0 Å². The average Bonchev–Trinajstić information content (AvgIpc) is 1.69. The molecule has 0 aromatic carbocycles. The highest BCUT2D eigenvalue weighted by atomic mass is 14.8. The van der Waals surface area contributed by atoms with Crippen LogP contribution in [0, 0.1) is 0 Å². The summed E-state index contributed by atoms with van der Waals surface area (Å²) in [5.74, 6) is 0. The van der Waals surface area contributed by atoms with Gasteiger partial charge in [-0.1, -0.05) is 12.7 Å². The van der Waals surface area contributed by atoms with Gasteiger partial charge < -0.3 is 5.32 Å². The van der Waals surface area contributed by atoms with Crippen LogP contribution in [0.5, 0.6) is 0 Å². The summed E-state index contributed by atoms with van der Waals surface area (Å²) in [4.78, 5) is 0. The zero-order valence-corrected chi connectivity index (χ0v) is 5.78. The standard InChI is InChI=1S/C7H13N/c1-5-7(8-4)6(2)3/h5,8H,2H2,1,3-4H3/b7-5+. The Bertz CT molecular complexity index is 112. The highest BCUT2D eigenvalue weighted by molar-refractivity contribution is 5.22. The van der Waals surface area contributed by atoms with Crippen LogP contribution in [-0.4, -0.2) is 7.05 Å². The van der Waals surface area contributed by atoms with Crippen LogP contribution in [0.4, 0.5) is 0 Å². The summed E-state index contributed by atoms with van der Waals surface area (Å²) in [5.41, 5.74) is 2.19. The Kier molecular flexibility index (Phi) is 3.01. The minimum absolute atomic E-state index is 1.08. The number of rotatable bonds is 2. The zero-order chi connectivity index (χ0) is 6.57. The van der Waals surface area contributed by atoms with Gasteiger partial charge >= 0.3 is 0 Å². The Morgan fingerprint density at radius 2 is 2.12 bits per heavy atom. The van der Waals surface area contributed by atoms with E-state index >= 15 is 0 Å². The maximum Gasteiger partial charge on any atom is 0.0317 e. The highest BCUT2D eigenvalue weighted by Crippen LogP contribution is 1.99. The molecule has 0 atom stereocenters. The van der Waals surface area contributed by atoms with Crippen LogP contribution >= 0.6 is 0 Å². The van der Waals surface area contributed by atoms with Crippen molar-refractivity contribution in [2.75, 3.05) is 7.05 Å². The molecule has 0 bridgehead atoms. The molecule has 0 heterocycles. The van der Waals surface area contributed by atoms with E-state index in [1.807, 2.05) is 27.0 Å². The van der Waals surface area contributed by atoms with Crippen molar-refractivity contribution in [3.8, 4) is 0 Å². The van der Waals surface area contributed by atoms with Crippen LogP contribution in [0.15, 0.2) is 23.9 Å². The molecule has 0 rings (SSSR count). The van der Waals surface area contributed by atoms with Crippen LogP contribution < -0.4 is 5.32 Å². The Balaban J connectivity index is 3.92. The van der Waals surface area contributed by atoms with Crippen LogP contribution in [-0.2, 0) is 0 Å². The Morgan fingerprint density at radius 3 is 2.12 bits per heavy atom. The van der Waals surface area contributed by atoms with E-state index < -0.39 is 0 Å². The maximum atomic E-state index is 3.77. The molecular formula is C7H13N. The van der Waals surface area contributed by atoms with Crippen LogP contribution in [0.25, 0.3) is 0 Å². The minimum Gasteiger partial charge on any atom is -0.388 e. The fourth-order valence-corrected chi connectivity index (χ4v) is 0.604. The summed E-state index contributed by atoms with van der Waals surface area (Å²) < 4.78 is 0. The van der Waals surface area contributed by atoms with Gasteiger partial charge in [0.1, 0.15) is 0 Å². The predicted octanol–water partition coefficient (Wildman–Crippen LogP) is 1.69. The SMILES string of the molecule is C=C(C)/C(=C\C)NC. The first kappa shape index (κ1) is 7.28. The Morgan fingerprint density at radius 1 is 1.62 bits per heavy atom. The third kappa shape index (κ3) is 1.82. The molecule has 1 heteroatoms. The smallest absolute Gasteiger partial charge is 0.0317 e. The molecule has 0 radical (unpaired) electrons. The lowest BCUT2D eigenvalue weighted by atomic mass is 10.2. The Labute approximate surface area is 51.1 Å². The van der Waals surface area contributed by atoms with E-state index in [0.29, 0.717) is 0 Å². The molecule has 0 aliphatic heterocycles. The first-order valence-corrected chi connectivity index (χ1v) is 2.72. The Hall–Kier alpha value is -0.720. The first-order chi connectivity index (χ1) is 3.72. The summed E-state index contributed by atoms with van der Waals surface area (Å²) in [5, 5.41) is 3.01. The molecule has 0 aromatic rings. The van der Waals surface area contributed by atoms with Gasteiger partial charge in [-0.25, -0.2) is 0 Å². The van der Waals surface area contributed by atoms with Gasteiger partial charge in [-0.15, -0.1) is 0 Å². The third-order valence-electron chi connectivity index (χ3n) is 1.02. The fraction of sp³-hybridized carbons (Fsp3) is 0.429. The first-order valence-electron chi connectivity index (χ1n) is 2.72. The molecule has 0 fully saturated rings. The van der Waals surface area contributed by atoms with Crippen molar-refractivity contribution in [2.45, 2.75) is 13.8 Å². The molecule has 8 heavy (non-hydrogen) atoms. The number of allylic oxidation sites excluding steroid dienone is 2. The molecule has 0 saturated carbocycles. The second-order valence-electron chi connectivity index (χ2n) is 1.73. The summed E-state index contributed by atoms with van der Waals surface area (Å²) in [7, 11) is 1.89. The summed E-state index contributed by atoms with van der Waals surface area (Å²) in [6.45, 7) is 7.73. The molecule has 0 saturated heterocycles. The molecule has 0 spiro atoms. The van der Waals surface area contributed by atoms with Crippen molar-refractivity contribution in [1.29, 1.82) is 0 Å². The molecule has 0 unspecified atom stereocenters. The molecule has 46 valence electrons. The second kappa shape index (κ2) is 3.30. The van der Waals surface area contributed by atoms with E-state index in [9.17, 15) is 0 Å². The number of hydrogen-bond acceptors (Lipinski definition) is 1. The fourth-order valence-electron chi connectivity index (χ4n) is 0.604. The van der Waals surface area contributed by atoms with Gasteiger partial charge in [0.2, 0.25) is 0 Å². The van der Waals surface area contributed by atoms with Crippen LogP contribution in [0.3, 0.4) is 0 Å². The molecule has 0 aromatic heterocycles. The van der Waals surface area contributed by atoms with Crippen molar-refractivity contribution < 1.29 is 0 Å². The van der Waals surface area contributed by atoms with E-state index in [4.69, 9.17) is 0 Å². The van der Waals surface area contributed by atoms with Gasteiger partial charge in [-0.3, -0.25) is 0 Å². The van der Waals surface area contributed by atoms with E-state index in [2.05, 4.69) is 11.9 Å². The maximum absolute atomic E-state index is 3.77. The average molecular weight is 111 g/mol. The van der Waals surface area contributed by atoms with E-state index in [0.717, 1.165) is 11.3 Å². The summed E-state index contributed by atoms with van der Waals surface area (Å²) in [6, 6.07) is 0. The van der Waals surface area contributed by atoms with E-state index in [1.165, 1.54) is 0 Å². The quantitative estimate of drug-likeness (QED) is 0.535. The second-order valence-corrected chi connectivity index (χ2v) is 1.73. The zero-order valence-electron chi connectivity index (χ0n) is 5.78. The number of likely N-dealkylation sites (N-methyl/N-ethyl adjacent to an activating group) is 1. The molecule has 1 N–H and O–H groups in total. The van der Waals surface area contributed by atoms with Crippen LogP contribution in [0.2, 0.25) is 0 Å². The van der Waals surface area contributed by atoms with Crippen LogP contribution in [0.1, 0.15) is 13.8 Å². The number of hydrogen-bond donors (Lipinski definition) is 1. The van der Waals surface area contributed by atoms with Crippen molar-refractivity contribution in [2.24, 2.45) is 0 Å². The molecule has 0 aliphatic rings. The van der Waals surface area contributed by atoms with Gasteiger partial charge in [0.25, 0.3) is 0 Å². The van der Waals surface area contributed by atoms with Crippen molar-refractivity contribution >= 4 is 0 Å². The minimum atomic E-state index is 1.08. The summed E-state index contributed by atoms with van der Waals surface area (Å²) >= 11 is 0. The summed E-state index contributed by atoms with van der Waals surface area (Å²) in [6.07, 6.45) is 2.00. The molecule has 1 nitrogen and oxygen atoms in total. The molecule has 0 amide bonds. The van der Waals surface area contributed by atoms with Crippen molar-refractivity contribution in [1.82, 2.24) is 5.32 Å². The predicted molar refractivity (Wildman–Crippen MR) is 37.6 cm³/mol. The third-order valence-corrected chi connectivity index (χ3v) is 1.02. The lowest BCUT2D eigenvalue weighted by molar-refractivity contribution is 0.996. The lowest BCUT2D eigenvalue weighted by Gasteiger charge is -2.02. The molecular weight excluding hydrogens is 98.1 g/mol. The number of nitrogens with one attached hydrogen (secondary N) is 1. The van der Waals surface area contributed by atoms with Gasteiger partial charge in [0.05, 0.1) is 0 Å². The van der Waals surface area contributed by atoms with Crippen molar-refractivity contribution in [3.63, 3.8) is 0 Å². The van der Waals surface area contributed by atoms with E-state index in [-0.39, 0.29) is 0 Å². The van der Waals surface area contributed by atoms with E-state index in [1.54, 1.807) is 0 Å². The lowest BCUT2D eigenvalue weighted by Crippen LogP contribution is -2.05. The largest absolute Gasteiger partial charge is 0.388 e. The topological polar surface area (TPSA) is 12.0 Å². The van der Waals surface area contributed by atoms with Gasteiger partial charge in [-0.2, -0.15) is 0 Å². The van der Waals surface area contributed by atoms with Gasteiger partial charge in [-0.05, 0) is 19.4 Å².